The quantitative estimate of drug-likeness (QED) is 0.555. The van der Waals surface area contributed by atoms with Crippen LogP contribution in [0.25, 0.3) is 0 Å². The van der Waals surface area contributed by atoms with Crippen molar-refractivity contribution in [2.45, 2.75) is 45.6 Å². The van der Waals surface area contributed by atoms with Gasteiger partial charge in [0, 0.05) is 0 Å². The van der Waals surface area contributed by atoms with Crippen LogP contribution in [0.3, 0.4) is 0 Å². The van der Waals surface area contributed by atoms with Crippen molar-refractivity contribution in [2.75, 3.05) is 0 Å². The van der Waals surface area contributed by atoms with Crippen LogP contribution in [0.5, 0.6) is 0 Å². The minimum Gasteiger partial charge on any atom is -0.388 e. The maximum Gasteiger partial charge on any atom is 0.0778 e. The van der Waals surface area contributed by atoms with Crippen molar-refractivity contribution in [3.05, 3.63) is 23.8 Å². The fourth-order valence-corrected chi connectivity index (χ4v) is 1.99. The van der Waals surface area contributed by atoms with Gasteiger partial charge in [-0.1, -0.05) is 31.1 Å². The molecule has 15 heavy (non-hydrogen) atoms. The summed E-state index contributed by atoms with van der Waals surface area (Å²) < 4.78 is 0. The molecule has 1 saturated carbocycles. The van der Waals surface area contributed by atoms with E-state index in [0.717, 1.165) is 5.57 Å². The molecule has 1 unspecified atom stereocenters. The van der Waals surface area contributed by atoms with Gasteiger partial charge in [-0.2, -0.15) is 0 Å². The number of rotatable bonds is 3. The van der Waals surface area contributed by atoms with E-state index in [4.69, 9.17) is 0 Å². The Hall–Kier alpha value is -1.00. The number of hydrogen-bond donors (Lipinski definition) is 1. The first-order chi connectivity index (χ1) is 7.25. The van der Waals surface area contributed by atoms with Crippen LogP contribution in [-0.4, -0.2) is 11.2 Å². The Morgan fingerprint density at radius 1 is 1.33 bits per heavy atom. The van der Waals surface area contributed by atoms with Crippen molar-refractivity contribution in [1.29, 1.82) is 0 Å². The lowest BCUT2D eigenvalue weighted by molar-refractivity contribution is 0.144. The van der Waals surface area contributed by atoms with Gasteiger partial charge in [-0.3, -0.25) is 0 Å². The first kappa shape index (κ1) is 14.0. The third-order valence-electron chi connectivity index (χ3n) is 2.86. The maximum absolute atomic E-state index is 9.94. The molecule has 0 bridgehead atoms. The van der Waals surface area contributed by atoms with Crippen molar-refractivity contribution in [1.82, 2.24) is 0 Å². The van der Waals surface area contributed by atoms with Crippen LogP contribution in [0.1, 0.15) is 39.5 Å². The van der Waals surface area contributed by atoms with E-state index in [2.05, 4.69) is 12.8 Å². The van der Waals surface area contributed by atoms with Crippen LogP contribution < -0.4 is 0 Å². The highest BCUT2D eigenvalue weighted by atomic mass is 16.3. The van der Waals surface area contributed by atoms with E-state index in [0.29, 0.717) is 5.92 Å². The average molecular weight is 206 g/mol. The standard InChI is InChI=1S/C12H20O.C2H2/c1-3-4-7-10(2)12(13)11-8-5-6-9-11;1-2/h3-4,7,11-13H,5-6,8-9H2,1-2H3;1-2H/b4-3-,10-7+;. The molecule has 1 atom stereocenters. The molecule has 0 saturated heterocycles. The molecule has 1 fully saturated rings. The van der Waals surface area contributed by atoms with E-state index < -0.39 is 0 Å². The zero-order valence-corrected chi connectivity index (χ0v) is 9.82. The SMILES string of the molecule is C#C.C/C=C\C=C(/C)C(O)C1CCCC1. The van der Waals surface area contributed by atoms with Crippen molar-refractivity contribution >= 4 is 0 Å². The molecule has 1 aliphatic rings. The zero-order chi connectivity index (χ0) is 11.7. The minimum atomic E-state index is -0.210. The maximum atomic E-state index is 9.94. The highest BCUT2D eigenvalue weighted by molar-refractivity contribution is 5.14. The van der Waals surface area contributed by atoms with E-state index in [-0.39, 0.29) is 6.10 Å². The molecule has 0 heterocycles. The molecule has 0 spiro atoms. The van der Waals surface area contributed by atoms with Gasteiger partial charge in [-0.05, 0) is 38.2 Å². The Labute approximate surface area is 93.9 Å². The molecular weight excluding hydrogens is 184 g/mol. The van der Waals surface area contributed by atoms with E-state index in [1.54, 1.807) is 0 Å². The van der Waals surface area contributed by atoms with Crippen LogP contribution >= 0.6 is 0 Å². The van der Waals surface area contributed by atoms with Crippen LogP contribution in [-0.2, 0) is 0 Å². The molecule has 0 amide bonds. The lowest BCUT2D eigenvalue weighted by Crippen LogP contribution is -2.18. The van der Waals surface area contributed by atoms with Crippen molar-refractivity contribution in [2.24, 2.45) is 5.92 Å². The Morgan fingerprint density at radius 3 is 2.33 bits per heavy atom. The van der Waals surface area contributed by atoms with Crippen LogP contribution in [0.2, 0.25) is 0 Å². The molecule has 1 aliphatic carbocycles. The fraction of sp³-hybridized carbons (Fsp3) is 0.571. The second kappa shape index (κ2) is 8.32. The predicted octanol–water partition coefficient (Wildman–Crippen LogP) is 3.31. The first-order valence-electron chi connectivity index (χ1n) is 5.56. The Bertz CT molecular complexity index is 229. The molecule has 0 aromatic carbocycles. The van der Waals surface area contributed by atoms with Crippen LogP contribution in [0.4, 0.5) is 0 Å². The summed E-state index contributed by atoms with van der Waals surface area (Å²) in [4.78, 5) is 0. The summed E-state index contributed by atoms with van der Waals surface area (Å²) in [5.74, 6) is 0.515. The Morgan fingerprint density at radius 2 is 1.87 bits per heavy atom. The Kier molecular flexibility index (Phi) is 7.77. The molecule has 0 radical (unpaired) electrons. The summed E-state index contributed by atoms with van der Waals surface area (Å²) in [5, 5.41) is 9.94. The van der Waals surface area contributed by atoms with Gasteiger partial charge in [-0.15, -0.1) is 12.8 Å². The van der Waals surface area contributed by atoms with E-state index in [1.807, 2.05) is 32.1 Å². The van der Waals surface area contributed by atoms with Crippen LogP contribution in [0.15, 0.2) is 23.8 Å². The molecule has 1 rings (SSSR count). The summed E-state index contributed by atoms with van der Waals surface area (Å²) in [6.07, 6.45) is 18.8. The summed E-state index contributed by atoms with van der Waals surface area (Å²) in [5.41, 5.74) is 1.10. The predicted molar refractivity (Wildman–Crippen MR) is 66.4 cm³/mol. The normalized spacial score (nSPS) is 19.9. The molecule has 0 aromatic heterocycles. The molecule has 1 heteroatoms. The molecule has 0 aromatic rings. The minimum absolute atomic E-state index is 0.210. The summed E-state index contributed by atoms with van der Waals surface area (Å²) >= 11 is 0. The highest BCUT2D eigenvalue weighted by Gasteiger charge is 2.23. The van der Waals surface area contributed by atoms with Gasteiger partial charge in [0.15, 0.2) is 0 Å². The second-order valence-electron chi connectivity index (χ2n) is 3.93. The van der Waals surface area contributed by atoms with Crippen molar-refractivity contribution in [3.63, 3.8) is 0 Å². The average Bonchev–Trinajstić information content (AvgIpc) is 2.81. The molecule has 1 N–H and O–H groups in total. The van der Waals surface area contributed by atoms with Crippen molar-refractivity contribution < 1.29 is 5.11 Å². The van der Waals surface area contributed by atoms with Crippen molar-refractivity contribution in [3.8, 4) is 12.8 Å². The Balaban J connectivity index is 0.000000921. The van der Waals surface area contributed by atoms with Gasteiger partial charge >= 0.3 is 0 Å². The third-order valence-corrected chi connectivity index (χ3v) is 2.86. The lowest BCUT2D eigenvalue weighted by atomic mass is 9.95. The highest BCUT2D eigenvalue weighted by Crippen LogP contribution is 2.30. The molecule has 1 nitrogen and oxygen atoms in total. The van der Waals surface area contributed by atoms with Gasteiger partial charge in [-0.25, -0.2) is 0 Å². The van der Waals surface area contributed by atoms with Gasteiger partial charge in [0.2, 0.25) is 0 Å². The lowest BCUT2D eigenvalue weighted by Gasteiger charge is -2.17. The molecular formula is C14H22O. The van der Waals surface area contributed by atoms with Gasteiger partial charge in [0.1, 0.15) is 0 Å². The van der Waals surface area contributed by atoms with Gasteiger partial charge in [0.25, 0.3) is 0 Å². The fourth-order valence-electron chi connectivity index (χ4n) is 1.99. The summed E-state index contributed by atoms with van der Waals surface area (Å²) in [6, 6.07) is 0. The zero-order valence-electron chi connectivity index (χ0n) is 9.82. The van der Waals surface area contributed by atoms with E-state index in [9.17, 15) is 5.11 Å². The first-order valence-corrected chi connectivity index (χ1v) is 5.56. The number of aliphatic hydroxyl groups is 1. The second-order valence-corrected chi connectivity index (χ2v) is 3.93. The molecule has 0 aliphatic heterocycles. The number of terminal acetylenes is 1. The van der Waals surface area contributed by atoms with E-state index >= 15 is 0 Å². The summed E-state index contributed by atoms with van der Waals surface area (Å²) in [6.45, 7) is 4.01. The van der Waals surface area contributed by atoms with Gasteiger partial charge < -0.3 is 5.11 Å². The number of aliphatic hydroxyl groups excluding tert-OH is 1. The topological polar surface area (TPSA) is 20.2 Å². The van der Waals surface area contributed by atoms with Crippen LogP contribution in [0, 0.1) is 18.8 Å². The smallest absolute Gasteiger partial charge is 0.0778 e. The molecule has 84 valence electrons. The van der Waals surface area contributed by atoms with E-state index in [1.165, 1.54) is 25.7 Å². The number of hydrogen-bond acceptors (Lipinski definition) is 1. The monoisotopic (exact) mass is 206 g/mol. The summed E-state index contributed by atoms with van der Waals surface area (Å²) in [7, 11) is 0. The van der Waals surface area contributed by atoms with Gasteiger partial charge in [0.05, 0.1) is 6.10 Å². The largest absolute Gasteiger partial charge is 0.388 e. The third kappa shape index (κ3) is 4.85. The number of allylic oxidation sites excluding steroid dienone is 3.